The molecule has 21 heavy (non-hydrogen) atoms. The maximum absolute atomic E-state index is 10.8. The molecule has 110 valence electrons. The Balaban J connectivity index is 2.12. The Bertz CT molecular complexity index is 613. The number of aromatic nitrogens is 1. The Hall–Kier alpha value is -2.56. The minimum Gasteiger partial charge on any atom is -0.490 e. The number of benzene rings is 1. The summed E-state index contributed by atoms with van der Waals surface area (Å²) in [6.07, 6.45) is 0.774. The standard InChI is InChI=1S/C16H17NO4/c1-3-20-15-9-12(10-18)7-8-14(15)21-11-13-5-4-6-16(17-13)19-2/h4-10H,3,11H2,1-2H3. The highest BCUT2D eigenvalue weighted by Crippen LogP contribution is 2.28. The molecule has 0 aliphatic heterocycles. The lowest BCUT2D eigenvalue weighted by molar-refractivity contribution is 0.112. The van der Waals surface area contributed by atoms with Gasteiger partial charge in [-0.3, -0.25) is 4.79 Å². The second kappa shape index (κ2) is 7.28. The van der Waals surface area contributed by atoms with Crippen LogP contribution in [-0.2, 0) is 6.61 Å². The van der Waals surface area contributed by atoms with E-state index in [1.54, 1.807) is 31.4 Å². The second-order valence-electron chi connectivity index (χ2n) is 4.22. The lowest BCUT2D eigenvalue weighted by Crippen LogP contribution is -2.02. The van der Waals surface area contributed by atoms with Gasteiger partial charge in [-0.05, 0) is 31.2 Å². The van der Waals surface area contributed by atoms with E-state index in [1.807, 2.05) is 19.1 Å². The summed E-state index contributed by atoms with van der Waals surface area (Å²) < 4.78 is 16.3. The van der Waals surface area contributed by atoms with E-state index in [9.17, 15) is 4.79 Å². The number of aldehydes is 1. The maximum Gasteiger partial charge on any atom is 0.213 e. The lowest BCUT2D eigenvalue weighted by atomic mass is 10.2. The molecule has 0 radical (unpaired) electrons. The summed E-state index contributed by atoms with van der Waals surface area (Å²) in [5.74, 6) is 1.66. The van der Waals surface area contributed by atoms with E-state index in [2.05, 4.69) is 4.98 Å². The monoisotopic (exact) mass is 287 g/mol. The summed E-state index contributed by atoms with van der Waals surface area (Å²) in [6.45, 7) is 2.66. The molecule has 0 saturated heterocycles. The molecule has 1 aromatic heterocycles. The van der Waals surface area contributed by atoms with E-state index >= 15 is 0 Å². The van der Waals surface area contributed by atoms with Crippen LogP contribution in [0, 0.1) is 0 Å². The average molecular weight is 287 g/mol. The molecule has 0 amide bonds. The fourth-order valence-corrected chi connectivity index (χ4v) is 1.79. The van der Waals surface area contributed by atoms with E-state index in [4.69, 9.17) is 14.2 Å². The first-order valence-corrected chi connectivity index (χ1v) is 6.61. The van der Waals surface area contributed by atoms with Crippen molar-refractivity contribution in [3.63, 3.8) is 0 Å². The first-order valence-electron chi connectivity index (χ1n) is 6.61. The van der Waals surface area contributed by atoms with Crippen LogP contribution in [0.25, 0.3) is 0 Å². The number of carbonyl (C=O) groups excluding carboxylic acids is 1. The quantitative estimate of drug-likeness (QED) is 0.733. The fraction of sp³-hybridized carbons (Fsp3) is 0.250. The molecule has 5 heteroatoms. The zero-order valence-corrected chi connectivity index (χ0v) is 12.0. The summed E-state index contributed by atoms with van der Waals surface area (Å²) >= 11 is 0. The van der Waals surface area contributed by atoms with E-state index in [0.717, 1.165) is 12.0 Å². The molecule has 0 saturated carbocycles. The molecule has 1 heterocycles. The van der Waals surface area contributed by atoms with Crippen molar-refractivity contribution >= 4 is 6.29 Å². The molecule has 0 aliphatic rings. The third-order valence-electron chi connectivity index (χ3n) is 2.77. The van der Waals surface area contributed by atoms with Gasteiger partial charge in [0.2, 0.25) is 5.88 Å². The van der Waals surface area contributed by atoms with Crippen molar-refractivity contribution in [1.29, 1.82) is 0 Å². The minimum absolute atomic E-state index is 0.289. The van der Waals surface area contributed by atoms with Crippen LogP contribution in [0.3, 0.4) is 0 Å². The van der Waals surface area contributed by atoms with Crippen molar-refractivity contribution in [3.05, 3.63) is 47.7 Å². The molecular formula is C16H17NO4. The molecular weight excluding hydrogens is 270 g/mol. The van der Waals surface area contributed by atoms with Gasteiger partial charge < -0.3 is 14.2 Å². The van der Waals surface area contributed by atoms with E-state index in [1.165, 1.54) is 0 Å². The van der Waals surface area contributed by atoms with Crippen LogP contribution in [0.1, 0.15) is 23.0 Å². The Morgan fingerprint density at radius 3 is 2.71 bits per heavy atom. The average Bonchev–Trinajstić information content (AvgIpc) is 2.54. The summed E-state index contributed by atoms with van der Waals surface area (Å²) in [7, 11) is 1.57. The smallest absolute Gasteiger partial charge is 0.213 e. The molecule has 0 N–H and O–H groups in total. The van der Waals surface area contributed by atoms with Gasteiger partial charge in [-0.1, -0.05) is 6.07 Å². The van der Waals surface area contributed by atoms with Crippen molar-refractivity contribution < 1.29 is 19.0 Å². The number of rotatable bonds is 7. The van der Waals surface area contributed by atoms with E-state index < -0.39 is 0 Å². The molecule has 0 atom stereocenters. The molecule has 2 aromatic rings. The third-order valence-corrected chi connectivity index (χ3v) is 2.77. The zero-order valence-electron chi connectivity index (χ0n) is 12.0. The fourth-order valence-electron chi connectivity index (χ4n) is 1.79. The number of carbonyl (C=O) groups is 1. The topological polar surface area (TPSA) is 57.7 Å². The van der Waals surface area contributed by atoms with Gasteiger partial charge >= 0.3 is 0 Å². The van der Waals surface area contributed by atoms with Gasteiger partial charge in [0.25, 0.3) is 0 Å². The molecule has 0 unspecified atom stereocenters. The number of ether oxygens (including phenoxy) is 3. The van der Waals surface area contributed by atoms with Crippen LogP contribution in [0.2, 0.25) is 0 Å². The van der Waals surface area contributed by atoms with Gasteiger partial charge in [-0.25, -0.2) is 4.98 Å². The van der Waals surface area contributed by atoms with Crippen LogP contribution in [0.5, 0.6) is 17.4 Å². The number of hydrogen-bond acceptors (Lipinski definition) is 5. The zero-order chi connectivity index (χ0) is 15.1. The molecule has 2 rings (SSSR count). The van der Waals surface area contributed by atoms with Crippen molar-refractivity contribution in [2.75, 3.05) is 13.7 Å². The molecule has 5 nitrogen and oxygen atoms in total. The summed E-state index contributed by atoms with van der Waals surface area (Å²) in [5, 5.41) is 0. The highest BCUT2D eigenvalue weighted by molar-refractivity contribution is 5.76. The Kier molecular flexibility index (Phi) is 5.15. The van der Waals surface area contributed by atoms with Gasteiger partial charge in [0.1, 0.15) is 12.9 Å². The number of pyridine rings is 1. The van der Waals surface area contributed by atoms with Gasteiger partial charge in [0.05, 0.1) is 19.4 Å². The number of nitrogens with zero attached hydrogens (tertiary/aromatic N) is 1. The minimum atomic E-state index is 0.289. The summed E-state index contributed by atoms with van der Waals surface area (Å²) in [5.41, 5.74) is 1.29. The van der Waals surface area contributed by atoms with Gasteiger partial charge in [-0.15, -0.1) is 0 Å². The Morgan fingerprint density at radius 2 is 2.00 bits per heavy atom. The van der Waals surface area contributed by atoms with Crippen molar-refractivity contribution in [2.24, 2.45) is 0 Å². The Morgan fingerprint density at radius 1 is 1.14 bits per heavy atom. The third kappa shape index (κ3) is 3.95. The molecule has 0 bridgehead atoms. The number of methoxy groups -OCH3 is 1. The normalized spacial score (nSPS) is 10.0. The van der Waals surface area contributed by atoms with Crippen molar-refractivity contribution in [3.8, 4) is 17.4 Å². The number of hydrogen-bond donors (Lipinski definition) is 0. The van der Waals surface area contributed by atoms with Crippen LogP contribution in [0.15, 0.2) is 36.4 Å². The van der Waals surface area contributed by atoms with Crippen LogP contribution >= 0.6 is 0 Å². The first-order chi connectivity index (χ1) is 10.3. The predicted octanol–water partition coefficient (Wildman–Crippen LogP) is 2.88. The van der Waals surface area contributed by atoms with Gasteiger partial charge in [0, 0.05) is 11.6 Å². The van der Waals surface area contributed by atoms with Crippen LogP contribution in [-0.4, -0.2) is 25.0 Å². The first kappa shape index (κ1) is 14.8. The highest BCUT2D eigenvalue weighted by atomic mass is 16.5. The molecule has 1 aromatic carbocycles. The molecule has 0 aliphatic carbocycles. The van der Waals surface area contributed by atoms with E-state index in [-0.39, 0.29) is 6.61 Å². The van der Waals surface area contributed by atoms with E-state index in [0.29, 0.717) is 29.5 Å². The Labute approximate surface area is 123 Å². The lowest BCUT2D eigenvalue weighted by Gasteiger charge is -2.12. The molecule has 0 spiro atoms. The van der Waals surface area contributed by atoms with Crippen LogP contribution < -0.4 is 14.2 Å². The summed E-state index contributed by atoms with van der Waals surface area (Å²) in [4.78, 5) is 15.1. The largest absolute Gasteiger partial charge is 0.490 e. The molecule has 0 fully saturated rings. The van der Waals surface area contributed by atoms with Crippen LogP contribution in [0.4, 0.5) is 0 Å². The van der Waals surface area contributed by atoms with Crippen molar-refractivity contribution in [2.45, 2.75) is 13.5 Å². The summed E-state index contributed by atoms with van der Waals surface area (Å²) in [6, 6.07) is 10.5. The predicted molar refractivity (Wildman–Crippen MR) is 78.1 cm³/mol. The second-order valence-corrected chi connectivity index (χ2v) is 4.22. The van der Waals surface area contributed by atoms with Gasteiger partial charge in [0.15, 0.2) is 11.5 Å². The van der Waals surface area contributed by atoms with Gasteiger partial charge in [-0.2, -0.15) is 0 Å². The maximum atomic E-state index is 10.8. The van der Waals surface area contributed by atoms with Crippen molar-refractivity contribution in [1.82, 2.24) is 4.98 Å². The SMILES string of the molecule is CCOc1cc(C=O)ccc1OCc1cccc(OC)n1. The highest BCUT2D eigenvalue weighted by Gasteiger charge is 2.07.